The number of hydrogen-bond donors (Lipinski definition) is 1. The Morgan fingerprint density at radius 3 is 2.84 bits per heavy atom. The summed E-state index contributed by atoms with van der Waals surface area (Å²) in [5, 5.41) is 7.52. The summed E-state index contributed by atoms with van der Waals surface area (Å²) in [4.78, 5) is 21.2. The van der Waals surface area contributed by atoms with Crippen LogP contribution in [-0.2, 0) is 17.8 Å². The van der Waals surface area contributed by atoms with Gasteiger partial charge in [-0.15, -0.1) is 0 Å². The van der Waals surface area contributed by atoms with Gasteiger partial charge in [0.2, 0.25) is 5.91 Å². The number of nitrogens with zero attached hydrogens (tertiary/aromatic N) is 5. The number of anilines is 1. The molecule has 0 spiro atoms. The van der Waals surface area contributed by atoms with Gasteiger partial charge in [0.05, 0.1) is 6.54 Å². The lowest BCUT2D eigenvalue weighted by molar-refractivity contribution is -0.133. The molecule has 0 aliphatic carbocycles. The van der Waals surface area contributed by atoms with Gasteiger partial charge >= 0.3 is 0 Å². The highest BCUT2D eigenvalue weighted by Gasteiger charge is 2.31. The second-order valence-corrected chi connectivity index (χ2v) is 6.89. The lowest BCUT2D eigenvalue weighted by Crippen LogP contribution is -2.52. The Hall–Kier alpha value is -2.41. The average Bonchev–Trinajstić information content (AvgIpc) is 3.29. The number of fused-ring (bicyclic) bond motifs is 1. The van der Waals surface area contributed by atoms with Gasteiger partial charge in [0.1, 0.15) is 18.7 Å². The SMILES string of the molecule is Cc1ccc2c(c1)CC(C(=O)N1CCN(CCn3cncn3)CC1)N2. The van der Waals surface area contributed by atoms with Gasteiger partial charge < -0.3 is 10.2 Å². The van der Waals surface area contributed by atoms with Crippen molar-refractivity contribution in [3.05, 3.63) is 42.0 Å². The van der Waals surface area contributed by atoms with Crippen LogP contribution in [0.1, 0.15) is 11.1 Å². The van der Waals surface area contributed by atoms with Crippen LogP contribution in [-0.4, -0.2) is 69.2 Å². The number of benzene rings is 1. The second-order valence-electron chi connectivity index (χ2n) is 6.89. The van der Waals surface area contributed by atoms with E-state index in [1.807, 2.05) is 9.58 Å². The fourth-order valence-corrected chi connectivity index (χ4v) is 3.64. The third-order valence-corrected chi connectivity index (χ3v) is 5.11. The summed E-state index contributed by atoms with van der Waals surface area (Å²) in [7, 11) is 0. The van der Waals surface area contributed by atoms with E-state index in [0.29, 0.717) is 0 Å². The normalized spacial score (nSPS) is 20.4. The number of amides is 1. The Balaban J connectivity index is 1.27. The van der Waals surface area contributed by atoms with Crippen molar-refractivity contribution < 1.29 is 4.79 Å². The zero-order chi connectivity index (χ0) is 17.2. The average molecular weight is 340 g/mol. The number of aryl methyl sites for hydroxylation is 1. The molecule has 2 aliphatic rings. The largest absolute Gasteiger partial charge is 0.373 e. The zero-order valence-electron chi connectivity index (χ0n) is 14.6. The molecule has 3 heterocycles. The summed E-state index contributed by atoms with van der Waals surface area (Å²) >= 11 is 0. The molecule has 1 aromatic heterocycles. The van der Waals surface area contributed by atoms with Gasteiger partial charge in [-0.3, -0.25) is 14.4 Å². The van der Waals surface area contributed by atoms with Gasteiger partial charge in [-0.05, 0) is 18.6 Å². The van der Waals surface area contributed by atoms with Crippen LogP contribution in [0.15, 0.2) is 30.9 Å². The van der Waals surface area contributed by atoms with E-state index in [-0.39, 0.29) is 11.9 Å². The van der Waals surface area contributed by atoms with Crippen LogP contribution in [0.3, 0.4) is 0 Å². The minimum atomic E-state index is -0.113. The summed E-state index contributed by atoms with van der Waals surface area (Å²) in [5.74, 6) is 0.227. The first-order valence-corrected chi connectivity index (χ1v) is 8.89. The summed E-state index contributed by atoms with van der Waals surface area (Å²) in [6.07, 6.45) is 4.10. The Labute approximate surface area is 147 Å². The maximum atomic E-state index is 12.8. The summed E-state index contributed by atoms with van der Waals surface area (Å²) in [6, 6.07) is 6.24. The zero-order valence-corrected chi connectivity index (χ0v) is 14.6. The second kappa shape index (κ2) is 6.84. The molecule has 1 amide bonds. The smallest absolute Gasteiger partial charge is 0.245 e. The van der Waals surface area contributed by atoms with Gasteiger partial charge in [0.15, 0.2) is 0 Å². The number of carbonyl (C=O) groups excluding carboxylic acids is 1. The van der Waals surface area contributed by atoms with E-state index in [1.165, 1.54) is 11.1 Å². The van der Waals surface area contributed by atoms with Crippen LogP contribution in [0.25, 0.3) is 0 Å². The highest BCUT2D eigenvalue weighted by Crippen LogP contribution is 2.27. The van der Waals surface area contributed by atoms with Crippen molar-refractivity contribution in [3.8, 4) is 0 Å². The summed E-state index contributed by atoms with van der Waals surface area (Å²) in [5.41, 5.74) is 3.61. The molecule has 25 heavy (non-hydrogen) atoms. The number of aromatic nitrogens is 3. The summed E-state index contributed by atoms with van der Waals surface area (Å²) in [6.45, 7) is 7.30. The molecule has 1 atom stereocenters. The third-order valence-electron chi connectivity index (χ3n) is 5.11. The lowest BCUT2D eigenvalue weighted by atomic mass is 10.1. The minimum absolute atomic E-state index is 0.113. The molecule has 0 bridgehead atoms. The van der Waals surface area contributed by atoms with E-state index in [9.17, 15) is 4.79 Å². The molecule has 4 rings (SSSR count). The van der Waals surface area contributed by atoms with Crippen LogP contribution < -0.4 is 5.32 Å². The number of piperazine rings is 1. The van der Waals surface area contributed by atoms with Crippen LogP contribution in [0.2, 0.25) is 0 Å². The molecular weight excluding hydrogens is 316 g/mol. The molecule has 7 heteroatoms. The molecule has 0 radical (unpaired) electrons. The van der Waals surface area contributed by atoms with Crippen LogP contribution in [0, 0.1) is 6.92 Å². The third kappa shape index (κ3) is 3.51. The van der Waals surface area contributed by atoms with Crippen molar-refractivity contribution in [1.82, 2.24) is 24.6 Å². The Bertz CT molecular complexity index is 736. The minimum Gasteiger partial charge on any atom is -0.373 e. The Morgan fingerprint density at radius 2 is 2.08 bits per heavy atom. The van der Waals surface area contributed by atoms with Crippen molar-refractivity contribution in [1.29, 1.82) is 0 Å². The van der Waals surface area contributed by atoms with Crippen molar-refractivity contribution in [2.24, 2.45) is 0 Å². The van der Waals surface area contributed by atoms with Gasteiger partial charge in [-0.1, -0.05) is 17.7 Å². The van der Waals surface area contributed by atoms with E-state index in [4.69, 9.17) is 0 Å². The molecule has 7 nitrogen and oxygen atoms in total. The molecule has 132 valence electrons. The quantitative estimate of drug-likeness (QED) is 0.890. The molecular formula is C18H24N6O. The molecule has 1 saturated heterocycles. The van der Waals surface area contributed by atoms with Crippen molar-refractivity contribution in [2.75, 3.05) is 38.0 Å². The maximum Gasteiger partial charge on any atom is 0.245 e. The molecule has 1 fully saturated rings. The molecule has 2 aromatic rings. The maximum absolute atomic E-state index is 12.8. The van der Waals surface area contributed by atoms with Gasteiger partial charge in [-0.25, -0.2) is 4.98 Å². The molecule has 1 unspecified atom stereocenters. The lowest BCUT2D eigenvalue weighted by Gasteiger charge is -2.35. The van der Waals surface area contributed by atoms with Crippen LogP contribution in [0.5, 0.6) is 0 Å². The number of hydrogen-bond acceptors (Lipinski definition) is 5. The van der Waals surface area contributed by atoms with Crippen LogP contribution >= 0.6 is 0 Å². The van der Waals surface area contributed by atoms with E-state index in [2.05, 4.69) is 45.4 Å². The van der Waals surface area contributed by atoms with Crippen molar-refractivity contribution >= 4 is 11.6 Å². The molecule has 2 aliphatic heterocycles. The molecule has 1 aromatic carbocycles. The predicted molar refractivity (Wildman–Crippen MR) is 95.3 cm³/mol. The first-order valence-electron chi connectivity index (χ1n) is 8.89. The van der Waals surface area contributed by atoms with E-state index >= 15 is 0 Å². The standard InChI is InChI=1S/C18H24N6O/c1-14-2-3-16-15(10-14)11-17(21-16)18(25)23-7-4-22(5-8-23)6-9-24-13-19-12-20-24/h2-3,10,12-13,17,21H,4-9,11H2,1H3. The molecule has 1 N–H and O–H groups in total. The fourth-order valence-electron chi connectivity index (χ4n) is 3.64. The molecule has 0 saturated carbocycles. The predicted octanol–water partition coefficient (Wildman–Crippen LogP) is 0.768. The number of rotatable bonds is 4. The fraction of sp³-hybridized carbons (Fsp3) is 0.500. The Kier molecular flexibility index (Phi) is 4.40. The monoisotopic (exact) mass is 340 g/mol. The number of nitrogens with one attached hydrogen (secondary N) is 1. The van der Waals surface area contributed by atoms with E-state index < -0.39 is 0 Å². The van der Waals surface area contributed by atoms with Crippen molar-refractivity contribution in [3.63, 3.8) is 0 Å². The highest BCUT2D eigenvalue weighted by atomic mass is 16.2. The van der Waals surface area contributed by atoms with Gasteiger partial charge in [0.25, 0.3) is 0 Å². The first kappa shape index (κ1) is 16.1. The summed E-state index contributed by atoms with van der Waals surface area (Å²) < 4.78 is 1.85. The van der Waals surface area contributed by atoms with E-state index in [1.54, 1.807) is 12.7 Å². The number of carbonyl (C=O) groups is 1. The van der Waals surface area contributed by atoms with Gasteiger partial charge in [0, 0.05) is 44.8 Å². The topological polar surface area (TPSA) is 66.3 Å². The highest BCUT2D eigenvalue weighted by molar-refractivity contribution is 5.87. The first-order chi connectivity index (χ1) is 12.2. The van der Waals surface area contributed by atoms with Crippen LogP contribution in [0.4, 0.5) is 5.69 Å². The van der Waals surface area contributed by atoms with Gasteiger partial charge in [-0.2, -0.15) is 5.10 Å². The Morgan fingerprint density at radius 1 is 1.24 bits per heavy atom. The van der Waals surface area contributed by atoms with Crippen molar-refractivity contribution in [2.45, 2.75) is 25.9 Å². The van der Waals surface area contributed by atoms with E-state index in [0.717, 1.165) is 51.4 Å².